The first-order valence-corrected chi connectivity index (χ1v) is 4.71. The van der Waals surface area contributed by atoms with Crippen LogP contribution in [0, 0.1) is 5.82 Å². The summed E-state index contributed by atoms with van der Waals surface area (Å²) in [7, 11) is 0. The molecule has 0 aliphatic heterocycles. The molecule has 1 amide bonds. The van der Waals surface area contributed by atoms with Crippen LogP contribution in [0.25, 0.3) is 0 Å². The van der Waals surface area contributed by atoms with Crippen LogP contribution in [-0.4, -0.2) is 17.9 Å². The van der Waals surface area contributed by atoms with Gasteiger partial charge < -0.3 is 15.2 Å². The van der Waals surface area contributed by atoms with Gasteiger partial charge in [0, 0.05) is 6.92 Å². The zero-order valence-electron chi connectivity index (χ0n) is 8.70. The van der Waals surface area contributed by atoms with Crippen molar-refractivity contribution in [2.75, 3.05) is 0 Å². The van der Waals surface area contributed by atoms with Crippen LogP contribution in [-0.2, 0) is 16.0 Å². The number of aliphatic carboxylic acids is 1. The molecule has 0 saturated carbocycles. The van der Waals surface area contributed by atoms with Crippen molar-refractivity contribution in [2.45, 2.75) is 19.4 Å². The molecule has 1 atom stereocenters. The van der Waals surface area contributed by atoms with Gasteiger partial charge in [-0.1, -0.05) is 12.1 Å². The number of rotatable bonds is 4. The quantitative estimate of drug-likeness (QED) is 0.758. The smallest absolute Gasteiger partial charge is 0.217 e. The Kier molecular flexibility index (Phi) is 3.99. The van der Waals surface area contributed by atoms with E-state index in [2.05, 4.69) is 5.32 Å². The van der Waals surface area contributed by atoms with Crippen LogP contribution in [0.3, 0.4) is 0 Å². The number of carbonyl (C=O) groups is 2. The summed E-state index contributed by atoms with van der Waals surface area (Å²) in [6.45, 7) is 1.21. The Hall–Kier alpha value is -1.91. The molecule has 16 heavy (non-hydrogen) atoms. The van der Waals surface area contributed by atoms with Crippen LogP contribution in [0.1, 0.15) is 12.5 Å². The molecule has 0 radical (unpaired) electrons. The molecule has 1 N–H and O–H groups in total. The van der Waals surface area contributed by atoms with Gasteiger partial charge in [0.2, 0.25) is 5.91 Å². The minimum Gasteiger partial charge on any atom is -0.548 e. The Morgan fingerprint density at radius 1 is 1.50 bits per heavy atom. The summed E-state index contributed by atoms with van der Waals surface area (Å²) >= 11 is 0. The van der Waals surface area contributed by atoms with Gasteiger partial charge in [-0.15, -0.1) is 0 Å². The molecule has 4 nitrogen and oxygen atoms in total. The van der Waals surface area contributed by atoms with Crippen LogP contribution < -0.4 is 10.4 Å². The highest BCUT2D eigenvalue weighted by Crippen LogP contribution is 2.06. The van der Waals surface area contributed by atoms with Gasteiger partial charge in [0.05, 0.1) is 12.0 Å². The van der Waals surface area contributed by atoms with E-state index in [0.717, 1.165) is 0 Å². The molecule has 0 bridgehead atoms. The molecule has 0 aliphatic carbocycles. The van der Waals surface area contributed by atoms with E-state index >= 15 is 0 Å². The zero-order valence-corrected chi connectivity index (χ0v) is 8.70. The Labute approximate surface area is 92.1 Å². The Morgan fingerprint density at radius 2 is 2.19 bits per heavy atom. The number of carboxylic acids is 1. The maximum absolute atomic E-state index is 12.8. The standard InChI is InChI=1S/C11H12FNO3/c1-7(14)13-10(11(15)16)6-8-3-2-4-9(12)5-8/h2-5,10H,6H2,1H3,(H,13,14)(H,15,16)/p-1/t10-/m0/s1. The van der Waals surface area contributed by atoms with Gasteiger partial charge in [0.15, 0.2) is 0 Å². The fourth-order valence-corrected chi connectivity index (χ4v) is 1.34. The predicted molar refractivity (Wildman–Crippen MR) is 52.7 cm³/mol. The molecule has 0 heterocycles. The SMILES string of the molecule is CC(=O)N[C@@H](Cc1cccc(F)c1)C(=O)[O-]. The molecular weight excluding hydrogens is 213 g/mol. The highest BCUT2D eigenvalue weighted by Gasteiger charge is 2.12. The van der Waals surface area contributed by atoms with Crippen LogP contribution >= 0.6 is 0 Å². The second-order valence-corrected chi connectivity index (χ2v) is 3.41. The molecule has 1 aromatic carbocycles. The third-order valence-electron chi connectivity index (χ3n) is 1.99. The first-order chi connectivity index (χ1) is 7.49. The highest BCUT2D eigenvalue weighted by molar-refractivity contribution is 5.81. The van der Waals surface area contributed by atoms with E-state index in [0.29, 0.717) is 5.56 Å². The molecule has 0 aromatic heterocycles. The second-order valence-electron chi connectivity index (χ2n) is 3.41. The number of carboxylic acid groups (broad SMARTS) is 1. The van der Waals surface area contributed by atoms with Crippen LogP contribution in [0.2, 0.25) is 0 Å². The van der Waals surface area contributed by atoms with Crippen LogP contribution in [0.4, 0.5) is 4.39 Å². The van der Waals surface area contributed by atoms with Crippen LogP contribution in [0.15, 0.2) is 24.3 Å². The molecule has 0 fully saturated rings. The van der Waals surface area contributed by atoms with E-state index < -0.39 is 23.7 Å². The summed E-state index contributed by atoms with van der Waals surface area (Å²) in [4.78, 5) is 21.4. The normalized spacial score (nSPS) is 11.9. The van der Waals surface area contributed by atoms with Crippen molar-refractivity contribution >= 4 is 11.9 Å². The molecule has 5 heteroatoms. The molecule has 0 aliphatic rings. The summed E-state index contributed by atoms with van der Waals surface area (Å²) in [5.41, 5.74) is 0.489. The van der Waals surface area contributed by atoms with Gasteiger partial charge in [-0.05, 0) is 24.1 Å². The van der Waals surface area contributed by atoms with Gasteiger partial charge in [0.25, 0.3) is 0 Å². The fraction of sp³-hybridized carbons (Fsp3) is 0.273. The van der Waals surface area contributed by atoms with Gasteiger partial charge in [-0.3, -0.25) is 4.79 Å². The lowest BCUT2D eigenvalue weighted by molar-refractivity contribution is -0.308. The van der Waals surface area contributed by atoms with Crippen molar-refractivity contribution in [3.63, 3.8) is 0 Å². The minimum absolute atomic E-state index is 0.000324. The van der Waals surface area contributed by atoms with E-state index in [1.54, 1.807) is 6.07 Å². The first kappa shape index (κ1) is 12.2. The van der Waals surface area contributed by atoms with E-state index in [4.69, 9.17) is 0 Å². The molecule has 0 unspecified atom stereocenters. The third-order valence-corrected chi connectivity index (χ3v) is 1.99. The number of amides is 1. The summed E-state index contributed by atoms with van der Waals surface area (Å²) in [5, 5.41) is 12.9. The maximum Gasteiger partial charge on any atom is 0.217 e. The van der Waals surface area contributed by atoms with Crippen molar-refractivity contribution in [3.05, 3.63) is 35.6 Å². The van der Waals surface area contributed by atoms with Crippen molar-refractivity contribution in [3.8, 4) is 0 Å². The molecule has 1 aromatic rings. The maximum atomic E-state index is 12.8. The summed E-state index contributed by atoms with van der Waals surface area (Å²) in [6.07, 6.45) is -0.000324. The molecule has 0 saturated heterocycles. The van der Waals surface area contributed by atoms with Crippen molar-refractivity contribution in [1.82, 2.24) is 5.32 Å². The number of benzene rings is 1. The number of hydrogen-bond acceptors (Lipinski definition) is 3. The molecule has 1 rings (SSSR count). The number of hydrogen-bond donors (Lipinski definition) is 1. The van der Waals surface area contributed by atoms with Crippen molar-refractivity contribution < 1.29 is 19.1 Å². The van der Waals surface area contributed by atoms with Gasteiger partial charge in [-0.25, -0.2) is 4.39 Å². The summed E-state index contributed by atoms with van der Waals surface area (Å²) in [5.74, 6) is -2.30. The van der Waals surface area contributed by atoms with Gasteiger partial charge in [-0.2, -0.15) is 0 Å². The zero-order chi connectivity index (χ0) is 12.1. The average molecular weight is 224 g/mol. The minimum atomic E-state index is -1.39. The number of halogens is 1. The third kappa shape index (κ3) is 3.68. The monoisotopic (exact) mass is 224 g/mol. The fourth-order valence-electron chi connectivity index (χ4n) is 1.34. The molecular formula is C11H11FNO3-. The largest absolute Gasteiger partial charge is 0.548 e. The van der Waals surface area contributed by atoms with Gasteiger partial charge >= 0.3 is 0 Å². The summed E-state index contributed by atoms with van der Waals surface area (Å²) < 4.78 is 12.8. The highest BCUT2D eigenvalue weighted by atomic mass is 19.1. The second kappa shape index (κ2) is 5.25. The van der Waals surface area contributed by atoms with E-state index in [1.165, 1.54) is 25.1 Å². The number of carbonyl (C=O) groups excluding carboxylic acids is 2. The summed E-state index contributed by atoms with van der Waals surface area (Å²) in [6, 6.07) is 4.40. The molecule has 86 valence electrons. The van der Waals surface area contributed by atoms with E-state index in [-0.39, 0.29) is 6.42 Å². The average Bonchev–Trinajstić information content (AvgIpc) is 2.15. The van der Waals surface area contributed by atoms with E-state index in [9.17, 15) is 19.1 Å². The molecule has 0 spiro atoms. The lowest BCUT2D eigenvalue weighted by Crippen LogP contribution is -2.48. The first-order valence-electron chi connectivity index (χ1n) is 4.71. The van der Waals surface area contributed by atoms with E-state index in [1.807, 2.05) is 0 Å². The predicted octanol–water partition coefficient (Wildman–Crippen LogP) is -0.377. The van der Waals surface area contributed by atoms with Crippen molar-refractivity contribution in [2.24, 2.45) is 0 Å². The lowest BCUT2D eigenvalue weighted by atomic mass is 10.1. The van der Waals surface area contributed by atoms with Gasteiger partial charge in [0.1, 0.15) is 5.82 Å². The Bertz CT molecular complexity index is 406. The lowest BCUT2D eigenvalue weighted by Gasteiger charge is -2.18. The van der Waals surface area contributed by atoms with Crippen LogP contribution in [0.5, 0.6) is 0 Å². The number of nitrogens with one attached hydrogen (secondary N) is 1. The van der Waals surface area contributed by atoms with Crippen molar-refractivity contribution in [1.29, 1.82) is 0 Å². The Morgan fingerprint density at radius 3 is 2.69 bits per heavy atom. The topological polar surface area (TPSA) is 69.2 Å². The Balaban J connectivity index is 2.75.